The second-order valence-corrected chi connectivity index (χ2v) is 8.99. The van der Waals surface area contributed by atoms with E-state index in [2.05, 4.69) is 0 Å². The third-order valence-corrected chi connectivity index (χ3v) is 6.60. The minimum absolute atomic E-state index is 0.157. The molecule has 3 rings (SSSR count). The molecule has 0 amide bonds. The van der Waals surface area contributed by atoms with Crippen LogP contribution in [0.15, 0.2) is 72.8 Å². The van der Waals surface area contributed by atoms with E-state index in [1.54, 1.807) is 0 Å². The van der Waals surface area contributed by atoms with Gasteiger partial charge in [0.1, 0.15) is 5.75 Å². The first-order valence-electron chi connectivity index (χ1n) is 9.15. The maximum Gasteiger partial charge on any atom is 0.334 e. The summed E-state index contributed by atoms with van der Waals surface area (Å²) in [7, 11) is -0.426. The van der Waals surface area contributed by atoms with Gasteiger partial charge in [-0.3, -0.25) is 4.57 Å². The van der Waals surface area contributed by atoms with E-state index in [0.29, 0.717) is 12.8 Å². The van der Waals surface area contributed by atoms with Crippen LogP contribution < -0.4 is 0 Å². The monoisotopic (exact) mass is 396 g/mol. The fraction of sp³-hybridized carbons (Fsp3) is 0.217. The molecule has 0 aliphatic carbocycles. The normalized spacial score (nSPS) is 11.5. The number of rotatable bonds is 8. The summed E-state index contributed by atoms with van der Waals surface area (Å²) in [5.74, 6) is 0.279. The van der Waals surface area contributed by atoms with E-state index >= 15 is 0 Å². The predicted octanol–water partition coefficient (Wildman–Crippen LogP) is 5.56. The summed E-state index contributed by atoms with van der Waals surface area (Å²) >= 11 is 0. The molecular formula is C23H25O4P. The highest BCUT2D eigenvalue weighted by Crippen LogP contribution is 2.50. The van der Waals surface area contributed by atoms with Gasteiger partial charge >= 0.3 is 7.60 Å². The van der Waals surface area contributed by atoms with Gasteiger partial charge in [-0.15, -0.1) is 0 Å². The zero-order valence-corrected chi connectivity index (χ0v) is 17.1. The summed E-state index contributed by atoms with van der Waals surface area (Å²) in [4.78, 5) is 0. The number of aromatic hydroxyl groups is 1. The van der Waals surface area contributed by atoms with E-state index in [-0.39, 0.29) is 11.9 Å². The van der Waals surface area contributed by atoms with Crippen molar-refractivity contribution in [2.75, 3.05) is 14.2 Å². The molecule has 5 heteroatoms. The molecule has 0 spiro atoms. The van der Waals surface area contributed by atoms with Gasteiger partial charge in [-0.2, -0.15) is 0 Å². The Morgan fingerprint density at radius 3 is 1.57 bits per heavy atom. The Morgan fingerprint density at radius 2 is 1.18 bits per heavy atom. The van der Waals surface area contributed by atoms with Crippen LogP contribution in [0.5, 0.6) is 5.75 Å². The van der Waals surface area contributed by atoms with E-state index in [4.69, 9.17) is 9.05 Å². The fourth-order valence-electron chi connectivity index (χ4n) is 3.25. The van der Waals surface area contributed by atoms with Crippen LogP contribution in [0.1, 0.15) is 27.8 Å². The molecular weight excluding hydrogens is 371 g/mol. The van der Waals surface area contributed by atoms with Crippen LogP contribution in [0.25, 0.3) is 0 Å². The minimum Gasteiger partial charge on any atom is -0.507 e. The molecule has 0 aromatic heterocycles. The zero-order chi connectivity index (χ0) is 20.0. The van der Waals surface area contributed by atoms with Crippen molar-refractivity contribution in [1.29, 1.82) is 0 Å². The third kappa shape index (κ3) is 5.11. The van der Waals surface area contributed by atoms with Gasteiger partial charge in [0.15, 0.2) is 0 Å². The largest absolute Gasteiger partial charge is 0.507 e. The highest BCUT2D eigenvalue weighted by atomic mass is 31.2. The average Bonchev–Trinajstić information content (AvgIpc) is 2.73. The summed E-state index contributed by atoms with van der Waals surface area (Å²) in [6, 6.07) is 23.7. The molecule has 4 nitrogen and oxygen atoms in total. The van der Waals surface area contributed by atoms with Gasteiger partial charge in [0.25, 0.3) is 0 Å². The van der Waals surface area contributed by atoms with Crippen molar-refractivity contribution in [2.24, 2.45) is 0 Å². The van der Waals surface area contributed by atoms with Gasteiger partial charge in [-0.1, -0.05) is 72.8 Å². The maximum absolute atomic E-state index is 12.6. The second kappa shape index (κ2) is 9.20. The van der Waals surface area contributed by atoms with Crippen LogP contribution in [0.2, 0.25) is 0 Å². The minimum atomic E-state index is -3.20. The van der Waals surface area contributed by atoms with E-state index in [1.807, 2.05) is 72.8 Å². The zero-order valence-electron chi connectivity index (χ0n) is 16.2. The number of hydrogen-bond donors (Lipinski definition) is 1. The number of phenolic OH excluding ortho intramolecular Hbond substituents is 1. The number of phenols is 1. The molecule has 3 aromatic rings. The van der Waals surface area contributed by atoms with Crippen molar-refractivity contribution in [3.8, 4) is 5.75 Å². The van der Waals surface area contributed by atoms with Gasteiger partial charge < -0.3 is 14.2 Å². The van der Waals surface area contributed by atoms with E-state index in [9.17, 15) is 9.67 Å². The molecule has 0 unspecified atom stereocenters. The van der Waals surface area contributed by atoms with E-state index < -0.39 is 7.60 Å². The smallest absolute Gasteiger partial charge is 0.334 e. The topological polar surface area (TPSA) is 55.8 Å². The third-order valence-electron chi connectivity index (χ3n) is 4.73. The van der Waals surface area contributed by atoms with E-state index in [0.717, 1.165) is 27.8 Å². The van der Waals surface area contributed by atoms with Gasteiger partial charge in [-0.25, -0.2) is 0 Å². The SMILES string of the molecule is COP(=O)(Cc1cc(Cc2ccccc2)c(O)c(Cc2ccccc2)c1)OC. The summed E-state index contributed by atoms with van der Waals surface area (Å²) in [5.41, 5.74) is 4.62. The van der Waals surface area contributed by atoms with Gasteiger partial charge in [0, 0.05) is 27.1 Å². The van der Waals surface area contributed by atoms with Gasteiger partial charge in [0.05, 0.1) is 6.16 Å². The van der Waals surface area contributed by atoms with E-state index in [1.165, 1.54) is 14.2 Å². The summed E-state index contributed by atoms with van der Waals surface area (Å²) in [5, 5.41) is 10.9. The lowest BCUT2D eigenvalue weighted by molar-refractivity contribution is 0.274. The van der Waals surface area contributed by atoms with Crippen LogP contribution >= 0.6 is 7.60 Å². The predicted molar refractivity (Wildman–Crippen MR) is 112 cm³/mol. The Hall–Kier alpha value is -2.39. The van der Waals surface area contributed by atoms with Crippen LogP contribution in [0.3, 0.4) is 0 Å². The summed E-state index contributed by atoms with van der Waals surface area (Å²) in [6.07, 6.45) is 1.34. The van der Waals surface area contributed by atoms with Crippen molar-refractivity contribution in [3.05, 3.63) is 101 Å². The number of hydrogen-bond acceptors (Lipinski definition) is 4. The molecule has 0 atom stereocenters. The first-order valence-corrected chi connectivity index (χ1v) is 10.9. The van der Waals surface area contributed by atoms with Gasteiger partial charge in [-0.05, 0) is 27.8 Å². The Kier molecular flexibility index (Phi) is 6.69. The van der Waals surface area contributed by atoms with Crippen LogP contribution in [0, 0.1) is 0 Å². The first-order chi connectivity index (χ1) is 13.5. The molecule has 0 saturated carbocycles. The molecule has 0 aliphatic heterocycles. The number of benzene rings is 3. The van der Waals surface area contributed by atoms with Crippen molar-refractivity contribution in [3.63, 3.8) is 0 Å². The Balaban J connectivity index is 2.00. The summed E-state index contributed by atoms with van der Waals surface area (Å²) < 4.78 is 22.9. The molecule has 0 aliphatic rings. The Labute approximate surface area is 166 Å². The highest BCUT2D eigenvalue weighted by molar-refractivity contribution is 7.52. The molecule has 0 radical (unpaired) electrons. The van der Waals surface area contributed by atoms with Crippen LogP contribution in [-0.4, -0.2) is 19.3 Å². The molecule has 0 fully saturated rings. The fourth-order valence-corrected chi connectivity index (χ4v) is 4.29. The van der Waals surface area contributed by atoms with Gasteiger partial charge in [0.2, 0.25) is 0 Å². The molecule has 0 bridgehead atoms. The standard InChI is InChI=1S/C23H25O4P/c1-26-28(25,27-2)17-20-15-21(13-18-9-5-3-6-10-18)23(24)22(16-20)14-19-11-7-4-8-12-19/h3-12,15-16,24H,13-14,17H2,1-2H3. The average molecular weight is 396 g/mol. The van der Waals surface area contributed by atoms with Crippen molar-refractivity contribution < 1.29 is 18.7 Å². The quantitative estimate of drug-likeness (QED) is 0.507. The lowest BCUT2D eigenvalue weighted by atomic mass is 9.95. The van der Waals surface area contributed by atoms with Crippen molar-refractivity contribution >= 4 is 7.60 Å². The Morgan fingerprint density at radius 1 is 0.750 bits per heavy atom. The van der Waals surface area contributed by atoms with Crippen molar-refractivity contribution in [2.45, 2.75) is 19.0 Å². The van der Waals surface area contributed by atoms with Crippen LogP contribution in [0.4, 0.5) is 0 Å². The lowest BCUT2D eigenvalue weighted by Crippen LogP contribution is -2.00. The van der Waals surface area contributed by atoms with Crippen LogP contribution in [-0.2, 0) is 32.6 Å². The van der Waals surface area contributed by atoms with Crippen molar-refractivity contribution in [1.82, 2.24) is 0 Å². The lowest BCUT2D eigenvalue weighted by Gasteiger charge is -2.17. The molecule has 0 saturated heterocycles. The maximum atomic E-state index is 12.6. The second-order valence-electron chi connectivity index (χ2n) is 6.72. The molecule has 3 aromatic carbocycles. The molecule has 146 valence electrons. The highest BCUT2D eigenvalue weighted by Gasteiger charge is 2.23. The molecule has 0 heterocycles. The summed E-state index contributed by atoms with van der Waals surface area (Å²) in [6.45, 7) is 0. The Bertz CT molecular complexity index is 884. The molecule has 28 heavy (non-hydrogen) atoms. The molecule has 1 N–H and O–H groups in total. The first kappa shape index (κ1) is 20.3.